The van der Waals surface area contributed by atoms with Gasteiger partial charge in [0.25, 0.3) is 0 Å². The summed E-state index contributed by atoms with van der Waals surface area (Å²) in [4.78, 5) is -0.121. The van der Waals surface area contributed by atoms with E-state index in [9.17, 15) is 21.6 Å². The summed E-state index contributed by atoms with van der Waals surface area (Å²) >= 11 is 5.82. The SMILES string of the molecule is O=S(=O)(NC1CC1c1ccc(Cl)cc1)c1ccc(OC(F)(F)F)cc1. The van der Waals surface area contributed by atoms with E-state index < -0.39 is 22.1 Å². The van der Waals surface area contributed by atoms with E-state index in [-0.39, 0.29) is 16.9 Å². The minimum atomic E-state index is -4.82. The number of halogens is 4. The molecule has 134 valence electrons. The Bertz CT molecular complexity index is 852. The van der Waals surface area contributed by atoms with E-state index in [0.29, 0.717) is 11.4 Å². The Morgan fingerprint density at radius 3 is 2.20 bits per heavy atom. The second-order valence-corrected chi connectivity index (χ2v) is 7.79. The summed E-state index contributed by atoms with van der Waals surface area (Å²) in [5.41, 5.74) is 0.978. The lowest BCUT2D eigenvalue weighted by atomic mass is 10.1. The molecular weight excluding hydrogens is 379 g/mol. The third kappa shape index (κ3) is 4.65. The molecule has 2 aromatic carbocycles. The van der Waals surface area contributed by atoms with Gasteiger partial charge < -0.3 is 4.74 Å². The number of hydrogen-bond acceptors (Lipinski definition) is 3. The first-order chi connectivity index (χ1) is 11.6. The highest BCUT2D eigenvalue weighted by atomic mass is 35.5. The predicted molar refractivity (Wildman–Crippen MR) is 86.0 cm³/mol. The van der Waals surface area contributed by atoms with Crippen LogP contribution >= 0.6 is 11.6 Å². The first-order valence-corrected chi connectivity index (χ1v) is 9.14. The van der Waals surface area contributed by atoms with Crippen LogP contribution in [0.3, 0.4) is 0 Å². The standard InChI is InChI=1S/C16H13ClF3NO3S/c17-11-3-1-10(2-4-11)14-9-15(14)21-25(22,23)13-7-5-12(6-8-13)24-16(18,19)20/h1-8,14-15,21H,9H2. The first-order valence-electron chi connectivity index (χ1n) is 7.28. The van der Waals surface area contributed by atoms with E-state index in [1.165, 1.54) is 0 Å². The van der Waals surface area contributed by atoms with Crippen LogP contribution in [0.1, 0.15) is 17.9 Å². The molecule has 0 saturated heterocycles. The van der Waals surface area contributed by atoms with Crippen molar-refractivity contribution >= 4 is 21.6 Å². The highest BCUT2D eigenvalue weighted by Crippen LogP contribution is 2.41. The van der Waals surface area contributed by atoms with Crippen molar-refractivity contribution in [2.24, 2.45) is 0 Å². The average Bonchev–Trinajstić information content (AvgIpc) is 3.25. The second-order valence-electron chi connectivity index (χ2n) is 5.64. The van der Waals surface area contributed by atoms with Crippen LogP contribution in [-0.4, -0.2) is 20.8 Å². The maximum absolute atomic E-state index is 12.3. The Kier molecular flexibility index (Phi) is 4.70. The second kappa shape index (κ2) is 6.51. The van der Waals surface area contributed by atoms with Crippen LogP contribution in [0.25, 0.3) is 0 Å². The molecule has 0 spiro atoms. The summed E-state index contributed by atoms with van der Waals surface area (Å²) < 4.78 is 67.3. The monoisotopic (exact) mass is 391 g/mol. The lowest BCUT2D eigenvalue weighted by Crippen LogP contribution is -2.26. The molecule has 1 aliphatic carbocycles. The summed E-state index contributed by atoms with van der Waals surface area (Å²) in [5, 5.41) is 0.600. The normalized spacial score (nSPS) is 20.3. The Labute approximate surface area is 147 Å². The largest absolute Gasteiger partial charge is 0.573 e. The minimum Gasteiger partial charge on any atom is -0.406 e. The summed E-state index contributed by atoms with van der Waals surface area (Å²) in [6.45, 7) is 0. The maximum Gasteiger partial charge on any atom is 0.573 e. The van der Waals surface area contributed by atoms with Gasteiger partial charge in [0.1, 0.15) is 5.75 Å². The molecule has 0 aliphatic heterocycles. The Balaban J connectivity index is 1.65. The summed E-state index contributed by atoms with van der Waals surface area (Å²) in [6, 6.07) is 11.0. The van der Waals surface area contributed by atoms with Crippen LogP contribution in [0.4, 0.5) is 13.2 Å². The highest BCUT2D eigenvalue weighted by molar-refractivity contribution is 7.89. The number of rotatable bonds is 5. The quantitative estimate of drug-likeness (QED) is 0.835. The van der Waals surface area contributed by atoms with Crippen LogP contribution in [-0.2, 0) is 10.0 Å². The van der Waals surface area contributed by atoms with Gasteiger partial charge in [-0.15, -0.1) is 13.2 Å². The number of alkyl halides is 3. The van der Waals surface area contributed by atoms with E-state index >= 15 is 0 Å². The summed E-state index contributed by atoms with van der Waals surface area (Å²) in [7, 11) is -3.82. The van der Waals surface area contributed by atoms with Crippen molar-refractivity contribution in [2.75, 3.05) is 0 Å². The van der Waals surface area contributed by atoms with Crippen LogP contribution in [0, 0.1) is 0 Å². The van der Waals surface area contributed by atoms with E-state index in [0.717, 1.165) is 29.8 Å². The van der Waals surface area contributed by atoms with Gasteiger partial charge in [0.15, 0.2) is 0 Å². The highest BCUT2D eigenvalue weighted by Gasteiger charge is 2.41. The van der Waals surface area contributed by atoms with E-state index in [1.807, 2.05) is 12.1 Å². The zero-order valence-electron chi connectivity index (χ0n) is 12.6. The van der Waals surface area contributed by atoms with Crippen molar-refractivity contribution in [3.05, 3.63) is 59.1 Å². The van der Waals surface area contributed by atoms with E-state index in [2.05, 4.69) is 9.46 Å². The van der Waals surface area contributed by atoms with E-state index in [4.69, 9.17) is 11.6 Å². The van der Waals surface area contributed by atoms with Crippen molar-refractivity contribution in [3.8, 4) is 5.75 Å². The minimum absolute atomic E-state index is 0.0554. The van der Waals surface area contributed by atoms with Crippen LogP contribution < -0.4 is 9.46 Å². The van der Waals surface area contributed by atoms with Gasteiger partial charge in [-0.1, -0.05) is 23.7 Å². The van der Waals surface area contributed by atoms with Gasteiger partial charge >= 0.3 is 6.36 Å². The number of sulfonamides is 1. The molecule has 1 aliphatic rings. The molecule has 0 aromatic heterocycles. The predicted octanol–water partition coefficient (Wildman–Crippen LogP) is 4.07. The molecule has 2 unspecified atom stereocenters. The lowest BCUT2D eigenvalue weighted by molar-refractivity contribution is -0.274. The molecule has 0 amide bonds. The zero-order valence-corrected chi connectivity index (χ0v) is 14.2. The number of hydrogen-bond donors (Lipinski definition) is 1. The van der Waals surface area contributed by atoms with Gasteiger partial charge in [0.2, 0.25) is 10.0 Å². The smallest absolute Gasteiger partial charge is 0.406 e. The number of benzene rings is 2. The Hall–Kier alpha value is -1.77. The third-order valence-corrected chi connectivity index (χ3v) is 5.52. The van der Waals surface area contributed by atoms with Gasteiger partial charge in [-0.25, -0.2) is 13.1 Å². The molecular formula is C16H13ClF3NO3S. The van der Waals surface area contributed by atoms with Gasteiger partial charge in [-0.3, -0.25) is 0 Å². The Morgan fingerprint density at radius 1 is 1.04 bits per heavy atom. The first kappa shape index (κ1) is 18.0. The van der Waals surface area contributed by atoms with Crippen LogP contribution in [0.5, 0.6) is 5.75 Å². The van der Waals surface area contributed by atoms with Crippen molar-refractivity contribution in [1.82, 2.24) is 4.72 Å². The molecule has 2 aromatic rings. The molecule has 1 N–H and O–H groups in total. The third-order valence-electron chi connectivity index (χ3n) is 3.76. The molecule has 3 rings (SSSR count). The van der Waals surface area contributed by atoms with Crippen molar-refractivity contribution in [3.63, 3.8) is 0 Å². The molecule has 25 heavy (non-hydrogen) atoms. The van der Waals surface area contributed by atoms with Gasteiger partial charge in [0, 0.05) is 17.0 Å². The van der Waals surface area contributed by atoms with Crippen molar-refractivity contribution in [2.45, 2.75) is 29.6 Å². The van der Waals surface area contributed by atoms with Gasteiger partial charge in [0.05, 0.1) is 4.90 Å². The average molecular weight is 392 g/mol. The molecule has 9 heteroatoms. The lowest BCUT2D eigenvalue weighted by Gasteiger charge is -2.10. The van der Waals surface area contributed by atoms with Crippen molar-refractivity contribution < 1.29 is 26.3 Å². The molecule has 2 atom stereocenters. The molecule has 0 heterocycles. The molecule has 0 bridgehead atoms. The fourth-order valence-electron chi connectivity index (χ4n) is 2.49. The van der Waals surface area contributed by atoms with Gasteiger partial charge in [-0.2, -0.15) is 0 Å². The fraction of sp³-hybridized carbons (Fsp3) is 0.250. The Morgan fingerprint density at radius 2 is 1.64 bits per heavy atom. The summed E-state index contributed by atoms with van der Waals surface area (Å²) in [5.74, 6) is -0.420. The van der Waals surface area contributed by atoms with E-state index in [1.54, 1.807) is 12.1 Å². The van der Waals surface area contributed by atoms with Gasteiger partial charge in [-0.05, 0) is 48.4 Å². The van der Waals surface area contributed by atoms with Crippen LogP contribution in [0.2, 0.25) is 5.02 Å². The summed E-state index contributed by atoms with van der Waals surface area (Å²) in [6.07, 6.45) is -4.17. The molecule has 0 radical (unpaired) electrons. The topological polar surface area (TPSA) is 55.4 Å². The number of ether oxygens (including phenoxy) is 1. The fourth-order valence-corrected chi connectivity index (χ4v) is 3.91. The van der Waals surface area contributed by atoms with Crippen molar-refractivity contribution in [1.29, 1.82) is 0 Å². The number of nitrogens with one attached hydrogen (secondary N) is 1. The molecule has 4 nitrogen and oxygen atoms in total. The van der Waals surface area contributed by atoms with Crippen LogP contribution in [0.15, 0.2) is 53.4 Å². The molecule has 1 saturated carbocycles. The zero-order chi connectivity index (χ0) is 18.2. The molecule has 1 fully saturated rings. The maximum atomic E-state index is 12.3.